The molecule has 0 unspecified atom stereocenters. The Hall–Kier alpha value is -7.52. The number of hydrogen-bond donors (Lipinski definition) is 7. The number of carboxylic acids is 1. The maximum absolute atomic E-state index is 11.3. The number of halogens is 4. The second-order valence-corrected chi connectivity index (χ2v) is 15.8. The lowest BCUT2D eigenvalue weighted by molar-refractivity contribution is -0.511. The van der Waals surface area contributed by atoms with E-state index in [9.17, 15) is 30.0 Å². The molecule has 64 heavy (non-hydrogen) atoms. The Kier molecular flexibility index (Phi) is 14.9. The smallest absolute Gasteiger partial charge is 0.490 e. The van der Waals surface area contributed by atoms with Crippen LogP contribution >= 0.6 is 11.6 Å². The molecule has 0 bridgehead atoms. The number of ether oxygens (including phenoxy) is 2. The molecule has 0 fully saturated rings. The van der Waals surface area contributed by atoms with Crippen molar-refractivity contribution >= 4 is 77.2 Å². The zero-order valence-corrected chi connectivity index (χ0v) is 35.3. The zero-order chi connectivity index (χ0) is 46.8. The van der Waals surface area contributed by atoms with Gasteiger partial charge in [0.05, 0.1) is 41.3 Å². The van der Waals surface area contributed by atoms with Crippen LogP contribution in [0.2, 0.25) is 5.28 Å². The van der Waals surface area contributed by atoms with Gasteiger partial charge in [-0.3, -0.25) is 10.2 Å². The normalized spacial score (nSPS) is 11.2. The second kappa shape index (κ2) is 20.1. The molecular formula is C37H34ClF3N13O8S2+. The molecule has 3 aromatic carbocycles. The van der Waals surface area contributed by atoms with Crippen LogP contribution in [0.1, 0.15) is 0 Å². The lowest BCUT2D eigenvalue weighted by atomic mass is 10.1. The molecule has 27 heteroatoms. The number of H-pyrrole nitrogens is 2. The number of benzene rings is 3. The maximum atomic E-state index is 11.3. The van der Waals surface area contributed by atoms with Gasteiger partial charge in [0.2, 0.25) is 21.3 Å². The number of nitrogens with two attached hydrogens (primary N) is 3. The number of primary sulfonamides is 1. The molecular weight excluding hydrogens is 911 g/mol. The first-order valence-corrected chi connectivity index (χ1v) is 21.0. The number of methoxy groups -OCH3 is 2. The minimum Gasteiger partial charge on any atom is -0.496 e. The first-order chi connectivity index (χ1) is 30.2. The third kappa shape index (κ3) is 12.3. The monoisotopic (exact) mass is 944 g/mol. The lowest BCUT2D eigenvalue weighted by Crippen LogP contribution is -2.47. The predicted octanol–water partition coefficient (Wildman–Crippen LogP) is 4.34. The number of fused-ring (bicyclic) bond motifs is 2. The molecule has 0 aliphatic heterocycles. The molecule has 0 atom stereocenters. The highest BCUT2D eigenvalue weighted by Gasteiger charge is 2.38. The zero-order valence-electron chi connectivity index (χ0n) is 32.9. The van der Waals surface area contributed by atoms with Crippen LogP contribution in [0.5, 0.6) is 11.5 Å². The molecule has 0 aliphatic carbocycles. The molecule has 5 heterocycles. The van der Waals surface area contributed by atoms with Gasteiger partial charge in [0.1, 0.15) is 11.5 Å². The van der Waals surface area contributed by atoms with E-state index in [-0.39, 0.29) is 10.2 Å². The number of aromatic amines is 2. The van der Waals surface area contributed by atoms with Crippen LogP contribution < -0.4 is 34.8 Å². The Bertz CT molecular complexity index is 3120. The molecule has 0 amide bonds. The Morgan fingerprint density at radius 1 is 0.766 bits per heavy atom. The van der Waals surface area contributed by atoms with Crippen LogP contribution in [0.15, 0.2) is 115 Å². The quantitative estimate of drug-likeness (QED) is 0.0823. The van der Waals surface area contributed by atoms with Crippen molar-refractivity contribution in [2.75, 3.05) is 25.3 Å². The van der Waals surface area contributed by atoms with Gasteiger partial charge in [-0.05, 0) is 60.1 Å². The number of carboxylic acid groups (broad SMARTS) is 1. The second-order valence-electron chi connectivity index (χ2n) is 12.4. The fourth-order valence-electron chi connectivity index (χ4n) is 5.21. The van der Waals surface area contributed by atoms with Gasteiger partial charge in [-0.2, -0.15) is 38.5 Å². The molecule has 21 nitrogen and oxygen atoms in total. The van der Waals surface area contributed by atoms with Crippen LogP contribution in [0.25, 0.3) is 44.6 Å². The number of anilines is 3. The lowest BCUT2D eigenvalue weighted by Gasteiger charge is -2.07. The summed E-state index contributed by atoms with van der Waals surface area (Å²) in [5.41, 5.74) is 10.8. The summed E-state index contributed by atoms with van der Waals surface area (Å²) in [6.07, 6.45) is 0.792. The molecule has 0 spiro atoms. The van der Waals surface area contributed by atoms with Crippen LogP contribution in [0.4, 0.5) is 30.5 Å². The molecule has 0 saturated carbocycles. The van der Waals surface area contributed by atoms with Gasteiger partial charge < -0.3 is 25.6 Å². The highest BCUT2D eigenvalue weighted by Crippen LogP contribution is 2.34. The van der Waals surface area contributed by atoms with E-state index in [1.54, 1.807) is 38.7 Å². The van der Waals surface area contributed by atoms with E-state index in [2.05, 4.69) is 45.6 Å². The first-order valence-electron chi connectivity index (χ1n) is 17.5. The van der Waals surface area contributed by atoms with Gasteiger partial charge in [0.25, 0.3) is 0 Å². The van der Waals surface area contributed by atoms with Crippen LogP contribution in [-0.4, -0.2) is 88.6 Å². The van der Waals surface area contributed by atoms with Crippen LogP contribution in [-0.2, 0) is 25.0 Å². The van der Waals surface area contributed by atoms with E-state index in [0.29, 0.717) is 34.4 Å². The number of aliphatic carboxylic acids is 1. The highest BCUT2D eigenvalue weighted by atomic mass is 35.5. The standard InChI is InChI=1S/C18H16N6O3S.C12H9ClN4O.C5H7N3O2S.C2HF3O2/c1-27-15-5-3-2-4-13(15)16-14-10-20-18(22-17(14)24-23-16)21-11-6-8-12(9-7-11)28(19,25)26;1-18-9-5-3-2-4-7(9)10-8-6-14-12(13)15-11(8)17-16-10;6-5-1-3-8(4-2-5)11(7,9)10;3-2(4,5)1(6)7/h2-10H,1H3,(H2,19,25,26)(H2,20,21,22,23,24);2-6H,1H3,(H,14,15,16,17);1-4,6H,(H2,7,9,10);(H,6,7)/p+1. The molecule has 10 N–H and O–H groups in total. The van der Waals surface area contributed by atoms with E-state index in [1.807, 2.05) is 48.5 Å². The number of para-hydroxylation sites is 2. The number of nitrogens with one attached hydrogen (secondary N) is 3. The number of nitrogen functional groups attached to an aromatic ring is 1. The SMILES string of the molecule is COc1ccccc1-c1[nH]nc2nc(Cl)ncc12.COc1ccccc1-c1[nH]nc2nc(Nc3ccc(S(N)(=O)=O)cc3)ncc12.Nc1cc[n+](S(N)(=O)=O)cc1.O=C(O)C(F)(F)F. The summed E-state index contributed by atoms with van der Waals surface area (Å²) >= 11 is 5.73. The van der Waals surface area contributed by atoms with E-state index < -0.39 is 32.4 Å². The van der Waals surface area contributed by atoms with Crippen molar-refractivity contribution in [2.45, 2.75) is 11.1 Å². The van der Waals surface area contributed by atoms with Crippen LogP contribution in [0, 0.1) is 0 Å². The van der Waals surface area contributed by atoms with E-state index in [4.69, 9.17) is 47.0 Å². The molecule has 5 aromatic heterocycles. The van der Waals surface area contributed by atoms with Gasteiger partial charge in [0.15, 0.2) is 23.7 Å². The van der Waals surface area contributed by atoms with Gasteiger partial charge >= 0.3 is 22.4 Å². The summed E-state index contributed by atoms with van der Waals surface area (Å²) in [5.74, 6) is -0.954. The first kappa shape index (κ1) is 47.5. The van der Waals surface area contributed by atoms with E-state index in [1.165, 1.54) is 36.7 Å². The minimum absolute atomic E-state index is 0.0307. The highest BCUT2D eigenvalue weighted by molar-refractivity contribution is 7.89. The molecule has 0 saturated heterocycles. The molecule has 334 valence electrons. The van der Waals surface area contributed by atoms with E-state index >= 15 is 0 Å². The topological polar surface area (TPSA) is 327 Å². The summed E-state index contributed by atoms with van der Waals surface area (Å²) in [4.78, 5) is 25.7. The Labute approximate surface area is 365 Å². The number of rotatable bonds is 8. The van der Waals surface area contributed by atoms with Crippen LogP contribution in [0.3, 0.4) is 0 Å². The molecule has 8 aromatic rings. The Balaban J connectivity index is 0.000000182. The van der Waals surface area contributed by atoms with Crippen molar-refractivity contribution < 1.29 is 53.4 Å². The number of pyridine rings is 1. The van der Waals surface area contributed by atoms with Crippen molar-refractivity contribution in [3.8, 4) is 34.0 Å². The number of nitrogens with zero attached hydrogens (tertiary/aromatic N) is 7. The summed E-state index contributed by atoms with van der Waals surface area (Å²) in [6, 6.07) is 24.1. The molecule has 0 radical (unpaired) electrons. The predicted molar refractivity (Wildman–Crippen MR) is 227 cm³/mol. The van der Waals surface area contributed by atoms with Crippen molar-refractivity contribution in [3.05, 3.63) is 115 Å². The number of carbonyl (C=O) groups is 1. The van der Waals surface area contributed by atoms with Crippen molar-refractivity contribution in [1.82, 2.24) is 40.3 Å². The maximum Gasteiger partial charge on any atom is 0.490 e. The van der Waals surface area contributed by atoms with Crippen molar-refractivity contribution in [1.29, 1.82) is 0 Å². The number of alkyl halides is 3. The Morgan fingerprint density at radius 2 is 1.23 bits per heavy atom. The average molecular weight is 945 g/mol. The molecule has 8 rings (SSSR count). The Morgan fingerprint density at radius 3 is 1.69 bits per heavy atom. The number of aromatic nitrogens is 9. The largest absolute Gasteiger partial charge is 0.496 e. The van der Waals surface area contributed by atoms with Gasteiger partial charge in [-0.25, -0.2) is 28.3 Å². The summed E-state index contributed by atoms with van der Waals surface area (Å²) in [6.45, 7) is 0. The summed E-state index contributed by atoms with van der Waals surface area (Å²) in [7, 11) is -4.15. The molecule has 0 aliphatic rings. The third-order valence-electron chi connectivity index (χ3n) is 8.15. The minimum atomic E-state index is -5.08. The fourth-order valence-corrected chi connectivity index (χ4v) is 6.32. The van der Waals surface area contributed by atoms with Crippen molar-refractivity contribution in [2.24, 2.45) is 10.3 Å². The van der Waals surface area contributed by atoms with Gasteiger partial charge in [0, 0.05) is 47.0 Å². The summed E-state index contributed by atoms with van der Waals surface area (Å²) < 4.78 is 87.3. The average Bonchev–Trinajstić information content (AvgIpc) is 3.87. The number of sulfonamides is 1. The van der Waals surface area contributed by atoms with E-state index in [0.717, 1.165) is 43.0 Å². The summed E-state index contributed by atoms with van der Waals surface area (Å²) in [5, 5.41) is 36.1. The van der Waals surface area contributed by atoms with Gasteiger partial charge in [-0.1, -0.05) is 28.2 Å². The van der Waals surface area contributed by atoms with Crippen molar-refractivity contribution in [3.63, 3.8) is 0 Å². The fraction of sp³-hybridized carbons (Fsp3) is 0.0811. The third-order valence-corrected chi connectivity index (χ3v) is 10.1. The number of hydrogen-bond acceptors (Lipinski definition) is 15. The van der Waals surface area contributed by atoms with Gasteiger partial charge in [-0.15, -0.1) is 8.42 Å².